The Kier molecular flexibility index (Phi) is 4.29. The minimum absolute atomic E-state index is 0.0910. The van der Waals surface area contributed by atoms with Crippen molar-refractivity contribution >= 4 is 15.9 Å². The predicted molar refractivity (Wildman–Crippen MR) is 73.9 cm³/mol. The van der Waals surface area contributed by atoms with Crippen LogP contribution in [0.1, 0.15) is 18.4 Å². The fourth-order valence-electron chi connectivity index (χ4n) is 2.15. The molecule has 0 saturated carbocycles. The number of likely N-dealkylation sites (tertiary alicyclic amines) is 1. The molecule has 1 aromatic carbocycles. The zero-order valence-corrected chi connectivity index (χ0v) is 12.1. The van der Waals surface area contributed by atoms with E-state index in [4.69, 9.17) is 9.88 Å². The standard InChI is InChI=1S/C13H18N2O4S/c1-10-4-5-11(12(8-10)20(14,17)18)19-9-13(16)15-6-2-3-7-15/h4-5,8H,2-3,6-7,9H2,1H3,(H2,14,17,18). The second-order valence-electron chi connectivity index (χ2n) is 4.87. The molecule has 0 atom stereocenters. The van der Waals surface area contributed by atoms with E-state index in [2.05, 4.69) is 0 Å². The number of carbonyl (C=O) groups is 1. The molecule has 1 aromatic rings. The van der Waals surface area contributed by atoms with Gasteiger partial charge in [-0.1, -0.05) is 6.07 Å². The molecule has 0 bridgehead atoms. The lowest BCUT2D eigenvalue weighted by molar-refractivity contribution is -0.132. The Morgan fingerprint density at radius 3 is 2.60 bits per heavy atom. The summed E-state index contributed by atoms with van der Waals surface area (Å²) < 4.78 is 28.4. The van der Waals surface area contributed by atoms with Gasteiger partial charge in [0.25, 0.3) is 5.91 Å². The molecule has 1 amide bonds. The van der Waals surface area contributed by atoms with Gasteiger partial charge in [0, 0.05) is 13.1 Å². The molecule has 1 heterocycles. The van der Waals surface area contributed by atoms with Crippen LogP contribution in [0.3, 0.4) is 0 Å². The number of sulfonamides is 1. The Morgan fingerprint density at radius 2 is 2.00 bits per heavy atom. The Balaban J connectivity index is 2.11. The zero-order chi connectivity index (χ0) is 14.8. The van der Waals surface area contributed by atoms with Crippen LogP contribution in [0.4, 0.5) is 0 Å². The summed E-state index contributed by atoms with van der Waals surface area (Å²) in [5.74, 6) is -0.0194. The molecule has 2 N–H and O–H groups in total. The summed E-state index contributed by atoms with van der Waals surface area (Å²) in [5.41, 5.74) is 0.757. The molecule has 0 aromatic heterocycles. The number of amides is 1. The molecule has 20 heavy (non-hydrogen) atoms. The van der Waals surface area contributed by atoms with Crippen LogP contribution in [0, 0.1) is 6.92 Å². The number of hydrogen-bond acceptors (Lipinski definition) is 4. The van der Waals surface area contributed by atoms with E-state index in [1.807, 2.05) is 0 Å². The van der Waals surface area contributed by atoms with Crippen molar-refractivity contribution in [1.82, 2.24) is 4.90 Å². The Morgan fingerprint density at radius 1 is 1.35 bits per heavy atom. The second kappa shape index (κ2) is 5.80. The summed E-state index contributed by atoms with van der Waals surface area (Å²) in [6.07, 6.45) is 2.00. The quantitative estimate of drug-likeness (QED) is 0.883. The Bertz CT molecular complexity index is 607. The van der Waals surface area contributed by atoms with Gasteiger partial charge in [0.2, 0.25) is 10.0 Å². The first kappa shape index (κ1) is 14.8. The number of aryl methyl sites for hydroxylation is 1. The van der Waals surface area contributed by atoms with Gasteiger partial charge in [-0.25, -0.2) is 13.6 Å². The van der Waals surface area contributed by atoms with Gasteiger partial charge in [0.05, 0.1) is 0 Å². The van der Waals surface area contributed by atoms with Gasteiger partial charge >= 0.3 is 0 Å². The lowest BCUT2D eigenvalue weighted by atomic mass is 10.2. The molecule has 7 heteroatoms. The van der Waals surface area contributed by atoms with Gasteiger partial charge in [-0.2, -0.15) is 0 Å². The van der Waals surface area contributed by atoms with Crippen molar-refractivity contribution in [3.8, 4) is 5.75 Å². The minimum Gasteiger partial charge on any atom is -0.482 e. The summed E-state index contributed by atoms with van der Waals surface area (Å²) in [6.45, 7) is 3.05. The largest absolute Gasteiger partial charge is 0.482 e. The minimum atomic E-state index is -3.87. The van der Waals surface area contributed by atoms with Gasteiger partial charge in [-0.05, 0) is 37.5 Å². The van der Waals surface area contributed by atoms with Crippen molar-refractivity contribution in [3.05, 3.63) is 23.8 Å². The first-order valence-corrected chi connectivity index (χ1v) is 7.96. The van der Waals surface area contributed by atoms with Crippen molar-refractivity contribution in [2.24, 2.45) is 5.14 Å². The Hall–Kier alpha value is -1.60. The monoisotopic (exact) mass is 298 g/mol. The van der Waals surface area contributed by atoms with Gasteiger partial charge in [0.1, 0.15) is 10.6 Å². The average molecular weight is 298 g/mol. The Labute approximate surface area is 118 Å². The molecule has 0 aliphatic carbocycles. The van der Waals surface area contributed by atoms with Crippen molar-refractivity contribution in [2.75, 3.05) is 19.7 Å². The number of hydrogen-bond donors (Lipinski definition) is 1. The molecule has 1 saturated heterocycles. The van der Waals surface area contributed by atoms with Gasteiger partial charge in [-0.3, -0.25) is 4.79 Å². The van der Waals surface area contributed by atoms with Crippen molar-refractivity contribution in [2.45, 2.75) is 24.7 Å². The van der Waals surface area contributed by atoms with E-state index < -0.39 is 10.0 Å². The van der Waals surface area contributed by atoms with E-state index in [-0.39, 0.29) is 23.2 Å². The highest BCUT2D eigenvalue weighted by molar-refractivity contribution is 7.89. The highest BCUT2D eigenvalue weighted by Gasteiger charge is 2.20. The topological polar surface area (TPSA) is 89.7 Å². The number of carbonyl (C=O) groups excluding carboxylic acids is 1. The fourth-order valence-corrected chi connectivity index (χ4v) is 2.91. The lowest BCUT2D eigenvalue weighted by Gasteiger charge is -2.16. The van der Waals surface area contributed by atoms with E-state index in [1.165, 1.54) is 12.1 Å². The van der Waals surface area contributed by atoms with Crippen LogP contribution in [0.25, 0.3) is 0 Å². The third-order valence-electron chi connectivity index (χ3n) is 3.22. The molecule has 0 spiro atoms. The molecule has 2 rings (SSSR count). The van der Waals surface area contributed by atoms with Crippen molar-refractivity contribution < 1.29 is 17.9 Å². The van der Waals surface area contributed by atoms with Crippen LogP contribution in [-0.4, -0.2) is 38.9 Å². The number of nitrogens with zero attached hydrogens (tertiary/aromatic N) is 1. The summed E-state index contributed by atoms with van der Waals surface area (Å²) >= 11 is 0. The van der Waals surface area contributed by atoms with E-state index in [0.29, 0.717) is 0 Å². The normalized spacial score (nSPS) is 15.4. The average Bonchev–Trinajstić information content (AvgIpc) is 2.89. The highest BCUT2D eigenvalue weighted by atomic mass is 32.2. The molecule has 1 aliphatic rings. The molecule has 1 aliphatic heterocycles. The molecular formula is C13H18N2O4S. The molecule has 0 radical (unpaired) electrons. The third-order valence-corrected chi connectivity index (χ3v) is 4.15. The number of primary sulfonamides is 1. The number of benzene rings is 1. The number of ether oxygens (including phenoxy) is 1. The summed E-state index contributed by atoms with van der Waals surface area (Å²) in [5, 5.41) is 5.15. The maximum Gasteiger partial charge on any atom is 0.260 e. The lowest BCUT2D eigenvalue weighted by Crippen LogP contribution is -2.32. The zero-order valence-electron chi connectivity index (χ0n) is 11.3. The first-order chi connectivity index (χ1) is 9.38. The SMILES string of the molecule is Cc1ccc(OCC(=O)N2CCCC2)c(S(N)(=O)=O)c1. The maximum atomic E-state index is 11.9. The molecule has 6 nitrogen and oxygen atoms in total. The predicted octanol–water partition coefficient (Wildman–Crippen LogP) is 0.644. The first-order valence-electron chi connectivity index (χ1n) is 6.42. The molecule has 110 valence electrons. The fraction of sp³-hybridized carbons (Fsp3) is 0.462. The third kappa shape index (κ3) is 3.49. The second-order valence-corrected chi connectivity index (χ2v) is 6.40. The van der Waals surface area contributed by atoms with Crippen LogP contribution in [0.2, 0.25) is 0 Å². The highest BCUT2D eigenvalue weighted by Crippen LogP contribution is 2.24. The van der Waals surface area contributed by atoms with E-state index in [1.54, 1.807) is 17.9 Å². The van der Waals surface area contributed by atoms with Crippen LogP contribution in [0.15, 0.2) is 23.1 Å². The van der Waals surface area contributed by atoms with Crippen LogP contribution < -0.4 is 9.88 Å². The van der Waals surface area contributed by atoms with Gasteiger partial charge < -0.3 is 9.64 Å². The van der Waals surface area contributed by atoms with Crippen molar-refractivity contribution in [3.63, 3.8) is 0 Å². The molecule has 1 fully saturated rings. The van der Waals surface area contributed by atoms with Gasteiger partial charge in [-0.15, -0.1) is 0 Å². The summed E-state index contributed by atoms with van der Waals surface area (Å²) in [4.78, 5) is 13.5. The molecule has 0 unspecified atom stereocenters. The van der Waals surface area contributed by atoms with E-state index in [9.17, 15) is 13.2 Å². The van der Waals surface area contributed by atoms with Crippen LogP contribution in [-0.2, 0) is 14.8 Å². The van der Waals surface area contributed by atoms with E-state index >= 15 is 0 Å². The summed E-state index contributed by atoms with van der Waals surface area (Å²) in [7, 11) is -3.87. The maximum absolute atomic E-state index is 11.9. The van der Waals surface area contributed by atoms with E-state index in [0.717, 1.165) is 31.5 Å². The number of nitrogens with two attached hydrogens (primary N) is 1. The smallest absolute Gasteiger partial charge is 0.260 e. The van der Waals surface area contributed by atoms with Crippen molar-refractivity contribution in [1.29, 1.82) is 0 Å². The number of rotatable bonds is 4. The van der Waals surface area contributed by atoms with Crippen LogP contribution in [0.5, 0.6) is 5.75 Å². The van der Waals surface area contributed by atoms with Gasteiger partial charge in [0.15, 0.2) is 6.61 Å². The summed E-state index contributed by atoms with van der Waals surface area (Å²) in [6, 6.07) is 4.67. The molecular weight excluding hydrogens is 280 g/mol. The van der Waals surface area contributed by atoms with Crippen LogP contribution >= 0.6 is 0 Å².